The summed E-state index contributed by atoms with van der Waals surface area (Å²) < 4.78 is 0. The molecule has 2 rings (SSSR count). The highest BCUT2D eigenvalue weighted by Gasteiger charge is 2.22. The lowest BCUT2D eigenvalue weighted by molar-refractivity contribution is 0.232. The molecule has 0 radical (unpaired) electrons. The molecule has 1 atom stereocenters. The molecule has 1 aromatic carbocycles. The van der Waals surface area contributed by atoms with E-state index in [4.69, 9.17) is 10.9 Å². The number of aliphatic hydroxyl groups excluding tert-OH is 1. The highest BCUT2D eigenvalue weighted by molar-refractivity contribution is 5.95. The van der Waals surface area contributed by atoms with E-state index in [9.17, 15) is 5.11 Å². The maximum atomic E-state index is 9.20. The van der Waals surface area contributed by atoms with Crippen LogP contribution in [-0.2, 0) is 12.8 Å². The number of anilines is 2. The molecule has 6 heteroatoms. The van der Waals surface area contributed by atoms with Gasteiger partial charge in [-0.3, -0.25) is 15.7 Å². The Labute approximate surface area is 105 Å². The van der Waals surface area contributed by atoms with E-state index >= 15 is 0 Å². The van der Waals surface area contributed by atoms with Gasteiger partial charge < -0.3 is 16.2 Å². The zero-order valence-electron chi connectivity index (χ0n) is 10.3. The third kappa shape index (κ3) is 2.39. The number of nitrogens with zero attached hydrogens (tertiary/aromatic N) is 1. The van der Waals surface area contributed by atoms with Crippen molar-refractivity contribution in [1.29, 1.82) is 0 Å². The van der Waals surface area contributed by atoms with E-state index in [-0.39, 0.29) is 18.5 Å². The lowest BCUT2D eigenvalue weighted by Crippen LogP contribution is -2.22. The molecule has 0 bridgehead atoms. The first-order chi connectivity index (χ1) is 8.67. The normalized spacial score (nSPS) is 18.6. The monoisotopic (exact) mass is 250 g/mol. The van der Waals surface area contributed by atoms with Crippen molar-refractivity contribution in [1.82, 2.24) is 0 Å². The van der Waals surface area contributed by atoms with Crippen LogP contribution in [0, 0.1) is 5.92 Å². The molecular weight excluding hydrogens is 232 g/mol. The molecule has 0 aromatic heterocycles. The molecule has 0 fully saturated rings. The average Bonchev–Trinajstić information content (AvgIpc) is 2.79. The van der Waals surface area contributed by atoms with Crippen molar-refractivity contribution >= 4 is 17.3 Å². The predicted octanol–water partition coefficient (Wildman–Crippen LogP) is 0.551. The Morgan fingerprint density at radius 3 is 2.50 bits per heavy atom. The second kappa shape index (κ2) is 5.24. The third-order valence-electron chi connectivity index (χ3n) is 3.24. The predicted molar refractivity (Wildman–Crippen MR) is 71.0 cm³/mol. The summed E-state index contributed by atoms with van der Waals surface area (Å²) in [6.07, 6.45) is 1.67. The molecule has 0 spiro atoms. The number of benzene rings is 1. The van der Waals surface area contributed by atoms with Crippen LogP contribution in [0.3, 0.4) is 0 Å². The molecule has 0 amide bonds. The van der Waals surface area contributed by atoms with Crippen molar-refractivity contribution in [2.24, 2.45) is 16.6 Å². The van der Waals surface area contributed by atoms with Gasteiger partial charge in [0, 0.05) is 13.7 Å². The summed E-state index contributed by atoms with van der Waals surface area (Å²) in [7, 11) is 1.59. The first-order valence-corrected chi connectivity index (χ1v) is 5.84. The van der Waals surface area contributed by atoms with Crippen molar-refractivity contribution in [3.63, 3.8) is 0 Å². The minimum Gasteiger partial charge on any atom is -0.396 e. The van der Waals surface area contributed by atoms with Crippen LogP contribution in [0.15, 0.2) is 17.1 Å². The van der Waals surface area contributed by atoms with Gasteiger partial charge in [-0.05, 0) is 42.0 Å². The van der Waals surface area contributed by atoms with Gasteiger partial charge in [0.2, 0.25) is 0 Å². The van der Waals surface area contributed by atoms with Crippen LogP contribution in [0.2, 0.25) is 0 Å². The number of rotatable bonds is 3. The maximum Gasteiger partial charge on any atom is 0.192 e. The quantitative estimate of drug-likeness (QED) is 0.306. The molecule has 18 heavy (non-hydrogen) atoms. The number of aliphatic imine (C=N–C) groups is 1. The number of guanidine groups is 1. The molecule has 6 nitrogen and oxygen atoms in total. The fourth-order valence-corrected chi connectivity index (χ4v) is 2.28. The Bertz CT molecular complexity index is 473. The molecule has 1 unspecified atom stereocenters. The van der Waals surface area contributed by atoms with E-state index in [1.165, 1.54) is 5.56 Å². The Morgan fingerprint density at radius 2 is 2.00 bits per heavy atom. The Morgan fingerprint density at radius 1 is 1.39 bits per heavy atom. The SMILES string of the molecule is CN=C(N)Nc1cc2c(cc1NO)CC(CO)C2. The summed E-state index contributed by atoms with van der Waals surface area (Å²) in [5.74, 6) is 0.544. The molecule has 1 aliphatic rings. The fourth-order valence-electron chi connectivity index (χ4n) is 2.28. The summed E-state index contributed by atoms with van der Waals surface area (Å²) >= 11 is 0. The number of nitrogens with two attached hydrogens (primary N) is 1. The lowest BCUT2D eigenvalue weighted by Gasteiger charge is -2.12. The molecule has 1 aromatic rings. The molecule has 0 saturated heterocycles. The van der Waals surface area contributed by atoms with E-state index in [1.807, 2.05) is 12.1 Å². The standard InChI is InChI=1S/C12H18N4O2/c1-14-12(13)15-10-4-8-2-7(6-17)3-9(8)5-11(10)16-18/h4-5,7,16-18H,2-3,6H2,1H3,(H3,13,14,15). The average molecular weight is 250 g/mol. The van der Waals surface area contributed by atoms with Gasteiger partial charge in [0.1, 0.15) is 0 Å². The van der Waals surface area contributed by atoms with Crippen LogP contribution >= 0.6 is 0 Å². The molecule has 0 aliphatic heterocycles. The van der Waals surface area contributed by atoms with Crippen molar-refractivity contribution in [3.05, 3.63) is 23.3 Å². The highest BCUT2D eigenvalue weighted by Crippen LogP contribution is 2.33. The highest BCUT2D eigenvalue weighted by atomic mass is 16.5. The van der Waals surface area contributed by atoms with Crippen LogP contribution in [0.1, 0.15) is 11.1 Å². The summed E-state index contributed by atoms with van der Waals surface area (Å²) in [6.45, 7) is 0.178. The minimum absolute atomic E-state index is 0.178. The van der Waals surface area contributed by atoms with Crippen LogP contribution < -0.4 is 16.5 Å². The number of fused-ring (bicyclic) bond motifs is 1. The second-order valence-corrected chi connectivity index (χ2v) is 4.47. The van der Waals surface area contributed by atoms with E-state index in [1.54, 1.807) is 7.05 Å². The lowest BCUT2D eigenvalue weighted by atomic mass is 10.1. The maximum absolute atomic E-state index is 9.20. The van der Waals surface area contributed by atoms with Gasteiger partial charge in [-0.2, -0.15) is 0 Å². The molecule has 6 N–H and O–H groups in total. The van der Waals surface area contributed by atoms with Crippen LogP contribution in [0.4, 0.5) is 11.4 Å². The smallest absolute Gasteiger partial charge is 0.192 e. The topological polar surface area (TPSA) is 103 Å². The summed E-state index contributed by atoms with van der Waals surface area (Å²) in [5.41, 5.74) is 11.3. The number of aliphatic hydroxyl groups is 1. The van der Waals surface area contributed by atoms with Gasteiger partial charge in [0.15, 0.2) is 5.96 Å². The number of hydrogen-bond acceptors (Lipinski definition) is 4. The Balaban J connectivity index is 2.32. The van der Waals surface area contributed by atoms with Gasteiger partial charge in [-0.1, -0.05) is 0 Å². The first kappa shape index (κ1) is 12.7. The van der Waals surface area contributed by atoms with Crippen LogP contribution in [0.25, 0.3) is 0 Å². The molecule has 0 saturated carbocycles. The van der Waals surface area contributed by atoms with E-state index < -0.39 is 0 Å². The minimum atomic E-state index is 0.178. The van der Waals surface area contributed by atoms with Crippen molar-refractivity contribution < 1.29 is 10.3 Å². The van der Waals surface area contributed by atoms with Gasteiger partial charge in [-0.15, -0.1) is 0 Å². The summed E-state index contributed by atoms with van der Waals surface area (Å²) in [4.78, 5) is 3.82. The van der Waals surface area contributed by atoms with Gasteiger partial charge >= 0.3 is 0 Å². The van der Waals surface area contributed by atoms with Gasteiger partial charge in [-0.25, -0.2) is 0 Å². The van der Waals surface area contributed by atoms with Crippen LogP contribution in [-0.4, -0.2) is 29.9 Å². The van der Waals surface area contributed by atoms with Gasteiger partial charge in [0.05, 0.1) is 11.4 Å². The number of hydrogen-bond donors (Lipinski definition) is 5. The molecule has 1 aliphatic carbocycles. The van der Waals surface area contributed by atoms with Crippen LogP contribution in [0.5, 0.6) is 0 Å². The van der Waals surface area contributed by atoms with E-state index in [2.05, 4.69) is 15.8 Å². The Kier molecular flexibility index (Phi) is 3.69. The van der Waals surface area contributed by atoms with E-state index in [0.29, 0.717) is 11.4 Å². The third-order valence-corrected chi connectivity index (χ3v) is 3.24. The van der Waals surface area contributed by atoms with Crippen molar-refractivity contribution in [2.45, 2.75) is 12.8 Å². The zero-order chi connectivity index (χ0) is 13.1. The zero-order valence-corrected chi connectivity index (χ0v) is 10.3. The van der Waals surface area contributed by atoms with Gasteiger partial charge in [0.25, 0.3) is 0 Å². The second-order valence-electron chi connectivity index (χ2n) is 4.47. The molecular formula is C12H18N4O2. The van der Waals surface area contributed by atoms with E-state index in [0.717, 1.165) is 18.4 Å². The fraction of sp³-hybridized carbons (Fsp3) is 0.417. The molecule has 98 valence electrons. The summed E-state index contributed by atoms with van der Waals surface area (Å²) in [5, 5.41) is 21.3. The summed E-state index contributed by atoms with van der Waals surface area (Å²) in [6, 6.07) is 3.80. The Hall–Kier alpha value is -1.79. The van der Waals surface area contributed by atoms with Crippen molar-refractivity contribution in [2.75, 3.05) is 24.5 Å². The van der Waals surface area contributed by atoms with Crippen molar-refractivity contribution in [3.8, 4) is 0 Å². The first-order valence-electron chi connectivity index (χ1n) is 5.84. The number of nitrogens with one attached hydrogen (secondary N) is 2. The molecule has 0 heterocycles. The largest absolute Gasteiger partial charge is 0.396 e.